The third kappa shape index (κ3) is 2.56. The molecule has 1 aliphatic rings. The first-order chi connectivity index (χ1) is 10.2. The van der Waals surface area contributed by atoms with E-state index in [1.54, 1.807) is 4.99 Å². The topological polar surface area (TPSA) is 27.6 Å². The lowest BCUT2D eigenvalue weighted by Crippen LogP contribution is -2.76. The molecule has 3 nitrogen and oxygen atoms in total. The third-order valence-electron chi connectivity index (χ3n) is 3.07. The van der Waals surface area contributed by atoms with Crippen molar-refractivity contribution in [3.63, 3.8) is 0 Å². The largest absolute Gasteiger partial charge is 0.436 e. The number of amidine groups is 1. The Hall–Kier alpha value is -1.41. The van der Waals surface area contributed by atoms with Crippen LogP contribution in [-0.4, -0.2) is 60.7 Å². The van der Waals surface area contributed by atoms with Gasteiger partial charge in [0.05, 0.1) is 0 Å². The smallest absolute Gasteiger partial charge is 0.364 e. The molecule has 142 valence electrons. The summed E-state index contributed by atoms with van der Waals surface area (Å²) in [5, 5.41) is -0.336. The number of hydrogen-bond donors (Lipinski definition) is 1. The summed E-state index contributed by atoms with van der Waals surface area (Å²) in [6.07, 6.45) is -26.5. The molecule has 0 spiro atoms. The van der Waals surface area contributed by atoms with Crippen LogP contribution in [0.1, 0.15) is 0 Å². The summed E-state index contributed by atoms with van der Waals surface area (Å²) in [4.78, 5) is 1.57. The Morgan fingerprint density at radius 1 is 0.708 bits per heavy atom. The van der Waals surface area contributed by atoms with E-state index in [0.29, 0.717) is 14.1 Å². The van der Waals surface area contributed by atoms with E-state index in [2.05, 4.69) is 0 Å². The van der Waals surface area contributed by atoms with Crippen molar-refractivity contribution >= 4 is 5.84 Å². The molecule has 1 N–H and O–H groups in total. The summed E-state index contributed by atoms with van der Waals surface area (Å²) in [5.41, 5.74) is -11.4. The van der Waals surface area contributed by atoms with Crippen LogP contribution in [0.2, 0.25) is 0 Å². The molecule has 0 amide bonds. The van der Waals surface area contributed by atoms with Gasteiger partial charge < -0.3 is 4.90 Å². The van der Waals surface area contributed by atoms with Crippen LogP contribution in [0.25, 0.3) is 0 Å². The first kappa shape index (κ1) is 20.6. The lowest BCUT2D eigenvalue weighted by Gasteiger charge is -2.40. The second-order valence-electron chi connectivity index (χ2n) is 4.91. The number of halogens is 12. The van der Waals surface area contributed by atoms with Crippen molar-refractivity contribution in [3.8, 4) is 0 Å². The lowest BCUT2D eigenvalue weighted by atomic mass is 9.95. The Labute approximate surface area is 125 Å². The highest BCUT2D eigenvalue weighted by Crippen LogP contribution is 2.55. The zero-order valence-electron chi connectivity index (χ0n) is 11.4. The van der Waals surface area contributed by atoms with Gasteiger partial charge in [0.1, 0.15) is 5.84 Å². The average molecular weight is 385 g/mol. The fourth-order valence-electron chi connectivity index (χ4n) is 2.02. The maximum atomic E-state index is 13.0. The molecule has 0 aromatic heterocycles. The Bertz CT molecular complexity index is 492. The molecular weight excluding hydrogens is 378 g/mol. The molecule has 24 heavy (non-hydrogen) atoms. The fourth-order valence-corrected chi connectivity index (χ4v) is 2.02. The minimum Gasteiger partial charge on any atom is -0.364 e. The van der Waals surface area contributed by atoms with E-state index in [1.165, 1.54) is 0 Å². The van der Waals surface area contributed by atoms with E-state index in [-0.39, 0.29) is 10.2 Å². The number of alkyl halides is 12. The summed E-state index contributed by atoms with van der Waals surface area (Å²) in [5.74, 6) is -2.52. The van der Waals surface area contributed by atoms with E-state index in [9.17, 15) is 52.7 Å². The molecule has 15 heteroatoms. The second kappa shape index (κ2) is 5.05. The molecule has 0 bridgehead atoms. The zero-order chi connectivity index (χ0) is 19.6. The minimum absolute atomic E-state index is 0.215. The van der Waals surface area contributed by atoms with Gasteiger partial charge in [-0.15, -0.1) is 0 Å². The van der Waals surface area contributed by atoms with Crippen LogP contribution < -0.4 is 5.32 Å². The number of likely N-dealkylation sites (N-methyl/N-ethyl adjacent to an activating group) is 1. The van der Waals surface area contributed by atoms with Gasteiger partial charge in [0, 0.05) is 14.1 Å². The van der Waals surface area contributed by atoms with Crippen molar-refractivity contribution in [2.75, 3.05) is 14.1 Å². The maximum Gasteiger partial charge on any atom is 0.436 e. The highest BCUT2D eigenvalue weighted by molar-refractivity contribution is 5.95. The van der Waals surface area contributed by atoms with Gasteiger partial charge in [0.15, 0.2) is 0 Å². The van der Waals surface area contributed by atoms with Crippen LogP contribution >= 0.6 is 0 Å². The predicted molar refractivity (Wildman–Crippen MR) is 53.9 cm³/mol. The molecule has 0 aliphatic carbocycles. The quantitative estimate of drug-likeness (QED) is 0.649. The Morgan fingerprint density at radius 3 is 1.21 bits per heavy atom. The molecule has 0 saturated heterocycles. The first-order valence-corrected chi connectivity index (χ1v) is 5.58. The van der Waals surface area contributed by atoms with Gasteiger partial charge in [-0.3, -0.25) is 0 Å². The van der Waals surface area contributed by atoms with Crippen LogP contribution in [0.5, 0.6) is 0 Å². The van der Waals surface area contributed by atoms with Gasteiger partial charge in [-0.1, -0.05) is 0 Å². The first-order valence-electron chi connectivity index (χ1n) is 5.58. The number of hydrogen-bond acceptors (Lipinski definition) is 3. The molecule has 1 aliphatic heterocycles. The highest BCUT2D eigenvalue weighted by atomic mass is 19.4. The molecule has 0 radical (unpaired) electrons. The van der Waals surface area contributed by atoms with E-state index < -0.39 is 41.7 Å². The van der Waals surface area contributed by atoms with Crippen LogP contribution in [0.15, 0.2) is 4.99 Å². The predicted octanol–water partition coefficient (Wildman–Crippen LogP) is 3.23. The molecule has 0 aromatic rings. The molecule has 0 atom stereocenters. The number of rotatable bonds is 0. The molecule has 0 saturated carbocycles. The number of nitrogens with one attached hydrogen (secondary N) is 1. The van der Waals surface area contributed by atoms with Gasteiger partial charge in [-0.2, -0.15) is 52.7 Å². The standard InChI is InChI=1S/C9H7F12N3/c1-24(2)3-4(6(10,11)12,7(13,14)15)23-5(22-3,8(16,17)18)9(19,20)21/h23H,1-2H3. The number of aliphatic imine (C=N–C) groups is 1. The van der Waals surface area contributed by atoms with Crippen LogP contribution in [0.4, 0.5) is 52.7 Å². The van der Waals surface area contributed by atoms with Crippen molar-refractivity contribution in [1.29, 1.82) is 0 Å². The summed E-state index contributed by atoms with van der Waals surface area (Å²) in [6, 6.07) is 0. The van der Waals surface area contributed by atoms with E-state index in [4.69, 9.17) is 0 Å². The zero-order valence-corrected chi connectivity index (χ0v) is 11.4. The maximum absolute atomic E-state index is 13.0. The van der Waals surface area contributed by atoms with Crippen molar-refractivity contribution in [1.82, 2.24) is 10.2 Å². The minimum atomic E-state index is -6.63. The third-order valence-corrected chi connectivity index (χ3v) is 3.07. The van der Waals surface area contributed by atoms with Crippen LogP contribution in [0.3, 0.4) is 0 Å². The molecular formula is C9H7F12N3. The van der Waals surface area contributed by atoms with E-state index in [1.807, 2.05) is 0 Å². The Kier molecular flexibility index (Phi) is 4.34. The van der Waals surface area contributed by atoms with Crippen LogP contribution in [-0.2, 0) is 0 Å². The normalized spacial score (nSPS) is 21.7. The van der Waals surface area contributed by atoms with Crippen molar-refractivity contribution in [3.05, 3.63) is 0 Å². The molecule has 0 unspecified atom stereocenters. The molecule has 0 aromatic carbocycles. The van der Waals surface area contributed by atoms with Crippen molar-refractivity contribution in [2.24, 2.45) is 4.99 Å². The number of nitrogens with zero attached hydrogens (tertiary/aromatic N) is 2. The Morgan fingerprint density at radius 2 is 1.04 bits per heavy atom. The second-order valence-corrected chi connectivity index (χ2v) is 4.91. The van der Waals surface area contributed by atoms with E-state index in [0.717, 1.165) is 0 Å². The summed E-state index contributed by atoms with van der Waals surface area (Å²) in [6.45, 7) is 0. The summed E-state index contributed by atoms with van der Waals surface area (Å²) < 4.78 is 155. The van der Waals surface area contributed by atoms with Crippen molar-refractivity contribution in [2.45, 2.75) is 35.9 Å². The van der Waals surface area contributed by atoms with Gasteiger partial charge in [0.25, 0.3) is 5.54 Å². The van der Waals surface area contributed by atoms with Crippen molar-refractivity contribution < 1.29 is 52.7 Å². The Balaban J connectivity index is 3.91. The SMILES string of the molecule is CN(C)C1=NC(C(F)(F)F)(C(F)(F)F)NC1(C(F)(F)F)C(F)(F)F. The fraction of sp³-hybridized carbons (Fsp3) is 0.889. The molecule has 1 heterocycles. The monoisotopic (exact) mass is 385 g/mol. The van der Waals surface area contributed by atoms with E-state index >= 15 is 0 Å². The van der Waals surface area contributed by atoms with Gasteiger partial charge in [-0.05, 0) is 0 Å². The summed E-state index contributed by atoms with van der Waals surface area (Å²) >= 11 is 0. The van der Waals surface area contributed by atoms with Gasteiger partial charge in [-0.25, -0.2) is 10.3 Å². The average Bonchev–Trinajstić information content (AvgIpc) is 2.63. The molecule has 1 rings (SSSR count). The van der Waals surface area contributed by atoms with Crippen LogP contribution in [0, 0.1) is 0 Å². The highest BCUT2D eigenvalue weighted by Gasteiger charge is 2.86. The van der Waals surface area contributed by atoms with Gasteiger partial charge in [0.2, 0.25) is 0 Å². The molecule has 0 fully saturated rings. The summed E-state index contributed by atoms with van der Waals surface area (Å²) in [7, 11) is 0.797. The van der Waals surface area contributed by atoms with Gasteiger partial charge >= 0.3 is 30.4 Å². The lowest BCUT2D eigenvalue weighted by molar-refractivity contribution is -0.333.